The first-order valence-corrected chi connectivity index (χ1v) is 5.34. The van der Waals surface area contributed by atoms with Gasteiger partial charge in [0, 0.05) is 32.2 Å². The lowest BCUT2D eigenvalue weighted by Crippen LogP contribution is -2.48. The molecule has 76 valence electrons. The van der Waals surface area contributed by atoms with Crippen molar-refractivity contribution in [2.24, 2.45) is 0 Å². The van der Waals surface area contributed by atoms with Crippen LogP contribution in [0.3, 0.4) is 0 Å². The molecule has 1 fully saturated rings. The van der Waals surface area contributed by atoms with Gasteiger partial charge in [-0.1, -0.05) is 30.3 Å². The van der Waals surface area contributed by atoms with E-state index in [9.17, 15) is 0 Å². The highest BCUT2D eigenvalue weighted by molar-refractivity contribution is 5.14. The van der Waals surface area contributed by atoms with E-state index >= 15 is 0 Å². The fourth-order valence-corrected chi connectivity index (χ4v) is 2.00. The van der Waals surface area contributed by atoms with Crippen molar-refractivity contribution in [2.45, 2.75) is 19.5 Å². The molecule has 1 aromatic rings. The molecule has 0 aromatic heterocycles. The molecular weight excluding hydrogens is 172 g/mol. The molecule has 0 spiro atoms. The molecule has 0 amide bonds. The molecule has 14 heavy (non-hydrogen) atoms. The molecule has 1 aromatic carbocycles. The Balaban J connectivity index is 1.91. The molecule has 2 heteroatoms. The summed E-state index contributed by atoms with van der Waals surface area (Å²) in [6.07, 6.45) is 0. The van der Waals surface area contributed by atoms with Crippen molar-refractivity contribution in [3.63, 3.8) is 0 Å². The first kappa shape index (κ1) is 9.69. The monoisotopic (exact) mass is 190 g/mol. The van der Waals surface area contributed by atoms with Gasteiger partial charge in [-0.2, -0.15) is 0 Å². The van der Waals surface area contributed by atoms with Crippen LogP contribution in [-0.2, 0) is 6.54 Å². The zero-order valence-corrected chi connectivity index (χ0v) is 8.74. The highest BCUT2D eigenvalue weighted by Crippen LogP contribution is 2.06. The smallest absolute Gasteiger partial charge is 0.0234 e. The average molecular weight is 190 g/mol. The van der Waals surface area contributed by atoms with E-state index in [1.165, 1.54) is 12.1 Å². The zero-order valence-electron chi connectivity index (χ0n) is 8.74. The van der Waals surface area contributed by atoms with E-state index in [4.69, 9.17) is 0 Å². The summed E-state index contributed by atoms with van der Waals surface area (Å²) < 4.78 is 0. The number of rotatable bonds is 2. The SMILES string of the molecule is CC1CN(Cc2ccccc2)CCN1. The average Bonchev–Trinajstić information content (AvgIpc) is 2.19. The summed E-state index contributed by atoms with van der Waals surface area (Å²) in [5, 5.41) is 3.46. The summed E-state index contributed by atoms with van der Waals surface area (Å²) in [6, 6.07) is 11.3. The molecule has 1 aliphatic heterocycles. The summed E-state index contributed by atoms with van der Waals surface area (Å²) in [6.45, 7) is 6.78. The maximum absolute atomic E-state index is 3.46. The third-order valence-corrected chi connectivity index (χ3v) is 2.70. The minimum atomic E-state index is 0.632. The summed E-state index contributed by atoms with van der Waals surface area (Å²) in [5.41, 5.74) is 1.42. The second-order valence-corrected chi connectivity index (χ2v) is 4.08. The van der Waals surface area contributed by atoms with E-state index in [1.54, 1.807) is 0 Å². The van der Waals surface area contributed by atoms with Crippen molar-refractivity contribution >= 4 is 0 Å². The Kier molecular flexibility index (Phi) is 3.17. The first-order chi connectivity index (χ1) is 6.84. The van der Waals surface area contributed by atoms with Crippen molar-refractivity contribution in [1.82, 2.24) is 10.2 Å². The number of piperazine rings is 1. The lowest BCUT2D eigenvalue weighted by Gasteiger charge is -2.31. The molecule has 1 atom stereocenters. The molecule has 1 N–H and O–H groups in total. The van der Waals surface area contributed by atoms with Crippen molar-refractivity contribution in [3.8, 4) is 0 Å². The van der Waals surface area contributed by atoms with Gasteiger partial charge in [0.25, 0.3) is 0 Å². The second kappa shape index (κ2) is 4.58. The van der Waals surface area contributed by atoms with Crippen LogP contribution in [0, 0.1) is 0 Å². The number of hydrogen-bond acceptors (Lipinski definition) is 2. The van der Waals surface area contributed by atoms with Crippen molar-refractivity contribution in [1.29, 1.82) is 0 Å². The van der Waals surface area contributed by atoms with Crippen LogP contribution in [0.5, 0.6) is 0 Å². The van der Waals surface area contributed by atoms with Gasteiger partial charge < -0.3 is 5.32 Å². The molecule has 0 bridgehead atoms. The van der Waals surface area contributed by atoms with E-state index in [1.807, 2.05) is 0 Å². The van der Waals surface area contributed by atoms with Crippen molar-refractivity contribution < 1.29 is 0 Å². The Labute approximate surface area is 85.9 Å². The van der Waals surface area contributed by atoms with Gasteiger partial charge in [-0.15, -0.1) is 0 Å². The van der Waals surface area contributed by atoms with E-state index in [2.05, 4.69) is 47.5 Å². The van der Waals surface area contributed by atoms with Gasteiger partial charge in [-0.3, -0.25) is 4.90 Å². The van der Waals surface area contributed by atoms with E-state index in [0.29, 0.717) is 6.04 Å². The van der Waals surface area contributed by atoms with Crippen molar-refractivity contribution in [3.05, 3.63) is 35.9 Å². The van der Waals surface area contributed by atoms with Gasteiger partial charge in [-0.25, -0.2) is 0 Å². The number of hydrogen-bond donors (Lipinski definition) is 1. The van der Waals surface area contributed by atoms with Crippen LogP contribution in [0.1, 0.15) is 12.5 Å². The van der Waals surface area contributed by atoms with E-state index in [0.717, 1.165) is 19.6 Å². The van der Waals surface area contributed by atoms with Crippen LogP contribution in [0.2, 0.25) is 0 Å². The maximum atomic E-state index is 3.46. The van der Waals surface area contributed by atoms with Crippen LogP contribution in [0.15, 0.2) is 30.3 Å². The van der Waals surface area contributed by atoms with Crippen LogP contribution in [-0.4, -0.2) is 30.6 Å². The third kappa shape index (κ3) is 2.56. The molecule has 0 radical (unpaired) electrons. The predicted molar refractivity (Wildman–Crippen MR) is 59.2 cm³/mol. The second-order valence-electron chi connectivity index (χ2n) is 4.08. The molecule has 1 aliphatic rings. The molecule has 0 saturated carbocycles. The van der Waals surface area contributed by atoms with Gasteiger partial charge in [0.15, 0.2) is 0 Å². The van der Waals surface area contributed by atoms with Crippen LogP contribution in [0.4, 0.5) is 0 Å². The number of nitrogens with zero attached hydrogens (tertiary/aromatic N) is 1. The highest BCUT2D eigenvalue weighted by Gasteiger charge is 2.14. The Morgan fingerprint density at radius 2 is 2.14 bits per heavy atom. The molecule has 2 nitrogen and oxygen atoms in total. The molecular formula is C12H18N2. The molecule has 1 heterocycles. The van der Waals surface area contributed by atoms with E-state index < -0.39 is 0 Å². The minimum Gasteiger partial charge on any atom is -0.312 e. The predicted octanol–water partition coefficient (Wildman–Crippen LogP) is 1.48. The largest absolute Gasteiger partial charge is 0.312 e. The molecule has 1 unspecified atom stereocenters. The maximum Gasteiger partial charge on any atom is 0.0234 e. The fraction of sp³-hybridized carbons (Fsp3) is 0.500. The summed E-state index contributed by atoms with van der Waals surface area (Å²) >= 11 is 0. The van der Waals surface area contributed by atoms with Crippen LogP contribution in [0.25, 0.3) is 0 Å². The lowest BCUT2D eigenvalue weighted by molar-refractivity contribution is 0.199. The Bertz CT molecular complexity index is 271. The van der Waals surface area contributed by atoms with Gasteiger partial charge in [0.05, 0.1) is 0 Å². The van der Waals surface area contributed by atoms with Gasteiger partial charge in [-0.05, 0) is 12.5 Å². The van der Waals surface area contributed by atoms with Gasteiger partial charge >= 0.3 is 0 Å². The van der Waals surface area contributed by atoms with Gasteiger partial charge in [0.1, 0.15) is 0 Å². The summed E-state index contributed by atoms with van der Waals surface area (Å²) in [4.78, 5) is 2.51. The van der Waals surface area contributed by atoms with E-state index in [-0.39, 0.29) is 0 Å². The topological polar surface area (TPSA) is 15.3 Å². The lowest BCUT2D eigenvalue weighted by atomic mass is 10.2. The Hall–Kier alpha value is -0.860. The van der Waals surface area contributed by atoms with Crippen LogP contribution >= 0.6 is 0 Å². The number of benzene rings is 1. The Morgan fingerprint density at radius 3 is 2.86 bits per heavy atom. The number of nitrogens with one attached hydrogen (secondary N) is 1. The molecule has 1 saturated heterocycles. The zero-order chi connectivity index (χ0) is 9.80. The standard InChI is InChI=1S/C12H18N2/c1-11-9-14(8-7-13-11)10-12-5-3-2-4-6-12/h2-6,11,13H,7-10H2,1H3. The van der Waals surface area contributed by atoms with Crippen LogP contribution < -0.4 is 5.32 Å². The first-order valence-electron chi connectivity index (χ1n) is 5.34. The third-order valence-electron chi connectivity index (χ3n) is 2.70. The van der Waals surface area contributed by atoms with Crippen molar-refractivity contribution in [2.75, 3.05) is 19.6 Å². The normalized spacial score (nSPS) is 23.6. The fourth-order valence-electron chi connectivity index (χ4n) is 2.00. The summed E-state index contributed by atoms with van der Waals surface area (Å²) in [7, 11) is 0. The molecule has 0 aliphatic carbocycles. The quantitative estimate of drug-likeness (QED) is 0.760. The highest BCUT2D eigenvalue weighted by atomic mass is 15.2. The van der Waals surface area contributed by atoms with Gasteiger partial charge in [0.2, 0.25) is 0 Å². The summed E-state index contributed by atoms with van der Waals surface area (Å²) in [5.74, 6) is 0. The molecule has 2 rings (SSSR count). The minimum absolute atomic E-state index is 0.632. The Morgan fingerprint density at radius 1 is 1.36 bits per heavy atom.